The van der Waals surface area contributed by atoms with Gasteiger partial charge in [-0.15, -0.1) is 0 Å². The molecule has 3 aromatic heterocycles. The van der Waals surface area contributed by atoms with Gasteiger partial charge in [0.25, 0.3) is 0 Å². The Hall–Kier alpha value is -5.16. The lowest BCUT2D eigenvalue weighted by Gasteiger charge is -2.21. The fourth-order valence-corrected chi connectivity index (χ4v) is 5.88. The maximum atomic E-state index is 6.34. The van der Waals surface area contributed by atoms with Crippen LogP contribution in [0.3, 0.4) is 0 Å². The standard InChI is InChI=1S/C38H33N3O2/c1-24(2)28-14-8-15-29(25(3)4)36(28)41-22-21-39-38(41)26-11-7-12-27(23-26)42-35-20-10-18-33(40-35)32-17-9-16-31-30-13-5-6-19-34(30)43-37(31)32/h5-25H,1-4H3. The number of ether oxygens (including phenoxy) is 1. The van der Waals surface area contributed by atoms with Crippen LogP contribution >= 0.6 is 0 Å². The molecule has 3 heterocycles. The quantitative estimate of drug-likeness (QED) is 0.194. The molecular weight excluding hydrogens is 530 g/mol. The molecule has 0 aliphatic carbocycles. The van der Waals surface area contributed by atoms with E-state index in [1.165, 1.54) is 16.8 Å². The van der Waals surface area contributed by atoms with Crippen LogP contribution in [0.4, 0.5) is 0 Å². The van der Waals surface area contributed by atoms with E-state index in [0.29, 0.717) is 23.5 Å². The Bertz CT molecular complexity index is 2060. The topological polar surface area (TPSA) is 53.1 Å². The van der Waals surface area contributed by atoms with Gasteiger partial charge in [0.2, 0.25) is 5.88 Å². The summed E-state index contributed by atoms with van der Waals surface area (Å²) >= 11 is 0. The van der Waals surface area contributed by atoms with Crippen molar-refractivity contribution in [3.8, 4) is 40.0 Å². The minimum absolute atomic E-state index is 0.377. The Kier molecular flexibility index (Phi) is 6.78. The monoisotopic (exact) mass is 563 g/mol. The molecule has 0 aliphatic rings. The first-order valence-electron chi connectivity index (χ1n) is 14.8. The maximum absolute atomic E-state index is 6.34. The molecule has 0 spiro atoms. The van der Waals surface area contributed by atoms with Gasteiger partial charge < -0.3 is 9.15 Å². The lowest BCUT2D eigenvalue weighted by atomic mass is 9.92. The van der Waals surface area contributed by atoms with Gasteiger partial charge in [-0.3, -0.25) is 4.57 Å². The molecule has 5 heteroatoms. The van der Waals surface area contributed by atoms with Crippen LogP contribution in [0, 0.1) is 0 Å². The Morgan fingerprint density at radius 3 is 2.26 bits per heavy atom. The number of hydrogen-bond acceptors (Lipinski definition) is 4. The molecule has 0 saturated heterocycles. The first-order chi connectivity index (χ1) is 21.0. The Morgan fingerprint density at radius 1 is 0.721 bits per heavy atom. The van der Waals surface area contributed by atoms with Gasteiger partial charge in [-0.2, -0.15) is 0 Å². The van der Waals surface area contributed by atoms with Crippen LogP contribution in [0.2, 0.25) is 0 Å². The van der Waals surface area contributed by atoms with Crippen molar-refractivity contribution in [2.45, 2.75) is 39.5 Å². The molecule has 0 radical (unpaired) electrons. The number of pyridine rings is 1. The fourth-order valence-electron chi connectivity index (χ4n) is 5.88. The minimum Gasteiger partial charge on any atom is -0.455 e. The second-order valence-electron chi connectivity index (χ2n) is 11.5. The van der Waals surface area contributed by atoms with Crippen LogP contribution in [0.15, 0.2) is 120 Å². The summed E-state index contributed by atoms with van der Waals surface area (Å²) in [5, 5.41) is 2.17. The molecule has 0 saturated carbocycles. The van der Waals surface area contributed by atoms with Gasteiger partial charge >= 0.3 is 0 Å². The largest absolute Gasteiger partial charge is 0.455 e. The number of fused-ring (bicyclic) bond motifs is 3. The molecule has 4 aromatic carbocycles. The Balaban J connectivity index is 1.24. The first-order valence-corrected chi connectivity index (χ1v) is 14.8. The highest BCUT2D eigenvalue weighted by atomic mass is 16.5. The highest BCUT2D eigenvalue weighted by Gasteiger charge is 2.19. The van der Waals surface area contributed by atoms with E-state index in [9.17, 15) is 0 Å². The molecule has 7 aromatic rings. The van der Waals surface area contributed by atoms with Crippen LogP contribution in [-0.4, -0.2) is 14.5 Å². The second kappa shape index (κ2) is 10.9. The zero-order valence-corrected chi connectivity index (χ0v) is 24.8. The molecule has 0 atom stereocenters. The summed E-state index contributed by atoms with van der Waals surface area (Å²) in [4.78, 5) is 9.67. The van der Waals surface area contributed by atoms with Gasteiger partial charge in [0.1, 0.15) is 22.7 Å². The van der Waals surface area contributed by atoms with E-state index < -0.39 is 0 Å². The number of furan rings is 1. The van der Waals surface area contributed by atoms with E-state index in [2.05, 4.69) is 74.9 Å². The van der Waals surface area contributed by atoms with Crippen molar-refractivity contribution in [2.24, 2.45) is 0 Å². The zero-order chi connectivity index (χ0) is 29.5. The summed E-state index contributed by atoms with van der Waals surface area (Å²) in [5.41, 5.74) is 8.20. The van der Waals surface area contributed by atoms with E-state index in [1.807, 2.05) is 72.9 Å². The van der Waals surface area contributed by atoms with Gasteiger partial charge in [0.15, 0.2) is 0 Å². The summed E-state index contributed by atoms with van der Waals surface area (Å²) in [6.45, 7) is 8.96. The van der Waals surface area contributed by atoms with Crippen molar-refractivity contribution in [3.05, 3.63) is 127 Å². The average Bonchev–Trinajstić information content (AvgIpc) is 3.66. The minimum atomic E-state index is 0.377. The third-order valence-electron chi connectivity index (χ3n) is 7.94. The zero-order valence-electron chi connectivity index (χ0n) is 24.8. The number of aromatic nitrogens is 3. The summed E-state index contributed by atoms with van der Waals surface area (Å²) in [7, 11) is 0. The molecule has 0 aliphatic heterocycles. The predicted molar refractivity (Wildman–Crippen MR) is 174 cm³/mol. The molecule has 5 nitrogen and oxygen atoms in total. The molecule has 43 heavy (non-hydrogen) atoms. The number of hydrogen-bond donors (Lipinski definition) is 0. The normalized spacial score (nSPS) is 11.7. The van der Waals surface area contributed by atoms with E-state index in [4.69, 9.17) is 19.1 Å². The molecular formula is C38H33N3O2. The Morgan fingerprint density at radius 2 is 1.44 bits per heavy atom. The Labute approximate surface area is 251 Å². The molecule has 0 bridgehead atoms. The fraction of sp³-hybridized carbons (Fsp3) is 0.158. The van der Waals surface area contributed by atoms with Crippen LogP contribution < -0.4 is 4.74 Å². The highest BCUT2D eigenvalue weighted by molar-refractivity contribution is 6.09. The van der Waals surface area contributed by atoms with Crippen molar-refractivity contribution in [2.75, 3.05) is 0 Å². The highest BCUT2D eigenvalue weighted by Crippen LogP contribution is 2.37. The number of nitrogens with zero attached hydrogens (tertiary/aromatic N) is 3. The van der Waals surface area contributed by atoms with Gasteiger partial charge in [0, 0.05) is 40.4 Å². The first kappa shape index (κ1) is 26.7. The third-order valence-corrected chi connectivity index (χ3v) is 7.94. The third kappa shape index (κ3) is 4.87. The maximum Gasteiger partial charge on any atom is 0.219 e. The second-order valence-corrected chi connectivity index (χ2v) is 11.5. The molecule has 212 valence electrons. The summed E-state index contributed by atoms with van der Waals surface area (Å²) in [6.07, 6.45) is 3.92. The van der Waals surface area contributed by atoms with Gasteiger partial charge in [-0.1, -0.05) is 94.4 Å². The number of para-hydroxylation sites is 3. The molecule has 0 N–H and O–H groups in total. The summed E-state index contributed by atoms with van der Waals surface area (Å²) in [6, 6.07) is 34.8. The molecule has 0 amide bonds. The van der Waals surface area contributed by atoms with Crippen LogP contribution in [0.25, 0.3) is 50.3 Å². The molecule has 0 unspecified atom stereocenters. The van der Waals surface area contributed by atoms with Crippen molar-refractivity contribution in [1.29, 1.82) is 0 Å². The van der Waals surface area contributed by atoms with Gasteiger partial charge in [-0.25, -0.2) is 9.97 Å². The average molecular weight is 564 g/mol. The van der Waals surface area contributed by atoms with Crippen LogP contribution in [-0.2, 0) is 0 Å². The smallest absolute Gasteiger partial charge is 0.219 e. The van der Waals surface area contributed by atoms with Crippen molar-refractivity contribution >= 4 is 21.9 Å². The summed E-state index contributed by atoms with van der Waals surface area (Å²) < 4.78 is 14.8. The van der Waals surface area contributed by atoms with E-state index in [1.54, 1.807) is 0 Å². The van der Waals surface area contributed by atoms with Crippen LogP contribution in [0.5, 0.6) is 11.6 Å². The van der Waals surface area contributed by atoms with Gasteiger partial charge in [0.05, 0.1) is 11.4 Å². The lowest BCUT2D eigenvalue weighted by molar-refractivity contribution is 0.464. The van der Waals surface area contributed by atoms with E-state index in [-0.39, 0.29) is 0 Å². The lowest BCUT2D eigenvalue weighted by Crippen LogP contribution is -2.07. The van der Waals surface area contributed by atoms with Gasteiger partial charge in [-0.05, 0) is 53.3 Å². The summed E-state index contributed by atoms with van der Waals surface area (Å²) in [5.74, 6) is 2.83. The number of imidazole rings is 1. The predicted octanol–water partition coefficient (Wildman–Crippen LogP) is 10.5. The van der Waals surface area contributed by atoms with E-state index in [0.717, 1.165) is 44.6 Å². The molecule has 7 rings (SSSR count). The van der Waals surface area contributed by atoms with Crippen LogP contribution in [0.1, 0.15) is 50.7 Å². The molecule has 0 fully saturated rings. The number of rotatable bonds is 7. The van der Waals surface area contributed by atoms with Crippen molar-refractivity contribution < 1.29 is 9.15 Å². The SMILES string of the molecule is CC(C)c1cccc(C(C)C)c1-n1ccnc1-c1cccc(Oc2cccc(-c3cccc4c3oc3ccccc34)n2)c1. The van der Waals surface area contributed by atoms with Crippen molar-refractivity contribution in [3.63, 3.8) is 0 Å². The number of benzene rings is 4. The van der Waals surface area contributed by atoms with Crippen molar-refractivity contribution in [1.82, 2.24) is 14.5 Å². The van der Waals surface area contributed by atoms with E-state index >= 15 is 0 Å².